The van der Waals surface area contributed by atoms with Crippen molar-refractivity contribution in [3.05, 3.63) is 59.7 Å². The van der Waals surface area contributed by atoms with Gasteiger partial charge in [-0.15, -0.1) is 0 Å². The first-order chi connectivity index (χ1) is 14.8. The van der Waals surface area contributed by atoms with Crippen LogP contribution in [-0.2, 0) is 26.1 Å². The predicted molar refractivity (Wildman–Crippen MR) is 112 cm³/mol. The highest BCUT2D eigenvalue weighted by Gasteiger charge is 2.26. The van der Waals surface area contributed by atoms with Crippen LogP contribution >= 0.6 is 0 Å². The van der Waals surface area contributed by atoms with E-state index < -0.39 is 27.6 Å². The normalized spacial score (nSPS) is 15.2. The minimum absolute atomic E-state index is 0.0616. The van der Waals surface area contributed by atoms with Gasteiger partial charge in [0, 0.05) is 30.9 Å². The fourth-order valence-corrected chi connectivity index (χ4v) is 4.71. The molecule has 0 aliphatic carbocycles. The maximum Gasteiger partial charge on any atom is 0.243 e. The summed E-state index contributed by atoms with van der Waals surface area (Å²) in [6.07, 6.45) is 0. The highest BCUT2D eigenvalue weighted by molar-refractivity contribution is 7.89. The van der Waals surface area contributed by atoms with Gasteiger partial charge in [0.1, 0.15) is 11.6 Å². The zero-order chi connectivity index (χ0) is 22.4. The molecule has 0 spiro atoms. The van der Waals surface area contributed by atoms with Gasteiger partial charge in [0.15, 0.2) is 0 Å². The molecular formula is C21H25F2N3O4S. The summed E-state index contributed by atoms with van der Waals surface area (Å²) < 4.78 is 59.9. The first-order valence-electron chi connectivity index (χ1n) is 9.94. The van der Waals surface area contributed by atoms with Crippen LogP contribution in [0.5, 0.6) is 0 Å². The average Bonchev–Trinajstić information content (AvgIpc) is 2.76. The molecule has 3 rings (SSSR count). The molecular weight excluding hydrogens is 428 g/mol. The quantitative estimate of drug-likeness (QED) is 0.664. The van der Waals surface area contributed by atoms with Gasteiger partial charge >= 0.3 is 0 Å². The number of sulfonamides is 1. The summed E-state index contributed by atoms with van der Waals surface area (Å²) in [6.45, 7) is 3.23. The third-order valence-electron chi connectivity index (χ3n) is 4.98. The van der Waals surface area contributed by atoms with E-state index in [1.54, 1.807) is 24.0 Å². The van der Waals surface area contributed by atoms with E-state index in [0.717, 1.165) is 0 Å². The summed E-state index contributed by atoms with van der Waals surface area (Å²) in [4.78, 5) is 14.2. The van der Waals surface area contributed by atoms with E-state index in [-0.39, 0.29) is 36.6 Å². The number of benzene rings is 2. The number of halogens is 2. The first kappa shape index (κ1) is 23.3. The second-order valence-corrected chi connectivity index (χ2v) is 9.03. The predicted octanol–water partition coefficient (Wildman–Crippen LogP) is 2.45. The summed E-state index contributed by atoms with van der Waals surface area (Å²) >= 11 is 0. The van der Waals surface area contributed by atoms with Gasteiger partial charge in [0.05, 0.1) is 24.7 Å². The van der Waals surface area contributed by atoms with Crippen LogP contribution in [-0.4, -0.2) is 62.9 Å². The summed E-state index contributed by atoms with van der Waals surface area (Å²) in [5.74, 6) is -1.75. The van der Waals surface area contributed by atoms with E-state index in [4.69, 9.17) is 4.74 Å². The molecule has 1 amide bonds. The number of anilines is 1. The topological polar surface area (TPSA) is 79.0 Å². The number of nitrogens with zero attached hydrogens (tertiary/aromatic N) is 2. The zero-order valence-corrected chi connectivity index (χ0v) is 18.0. The molecule has 0 radical (unpaired) electrons. The molecule has 10 heteroatoms. The van der Waals surface area contributed by atoms with E-state index in [2.05, 4.69) is 5.32 Å². The molecule has 1 saturated heterocycles. The second kappa shape index (κ2) is 10.3. The van der Waals surface area contributed by atoms with Crippen LogP contribution in [0.25, 0.3) is 0 Å². The molecule has 1 aliphatic rings. The number of likely N-dealkylation sites (N-methyl/N-ethyl adjacent to an activating group) is 1. The lowest BCUT2D eigenvalue weighted by Gasteiger charge is -2.26. The number of nitrogens with one attached hydrogen (secondary N) is 1. The van der Waals surface area contributed by atoms with Crippen LogP contribution in [0.4, 0.5) is 14.5 Å². The van der Waals surface area contributed by atoms with Gasteiger partial charge in [-0.1, -0.05) is 19.1 Å². The Hall–Kier alpha value is -2.40. The van der Waals surface area contributed by atoms with Crippen LogP contribution in [0.2, 0.25) is 0 Å². The number of ether oxygens (including phenoxy) is 1. The smallest absolute Gasteiger partial charge is 0.243 e. The van der Waals surface area contributed by atoms with Gasteiger partial charge in [-0.3, -0.25) is 9.69 Å². The zero-order valence-electron chi connectivity index (χ0n) is 17.2. The number of amides is 1. The van der Waals surface area contributed by atoms with Crippen molar-refractivity contribution in [1.29, 1.82) is 0 Å². The Morgan fingerprint density at radius 2 is 1.77 bits per heavy atom. The van der Waals surface area contributed by atoms with Crippen molar-refractivity contribution >= 4 is 21.6 Å². The Kier molecular flexibility index (Phi) is 7.71. The molecule has 168 valence electrons. The number of hydrogen-bond donors (Lipinski definition) is 1. The molecule has 1 fully saturated rings. The van der Waals surface area contributed by atoms with E-state index in [9.17, 15) is 22.0 Å². The maximum absolute atomic E-state index is 13.9. The molecule has 31 heavy (non-hydrogen) atoms. The van der Waals surface area contributed by atoms with Crippen molar-refractivity contribution in [2.24, 2.45) is 0 Å². The van der Waals surface area contributed by atoms with Crippen molar-refractivity contribution < 1.29 is 26.7 Å². The van der Waals surface area contributed by atoms with E-state index in [0.29, 0.717) is 25.4 Å². The lowest BCUT2D eigenvalue weighted by Crippen LogP contribution is -2.40. The number of carbonyl (C=O) groups is 1. The van der Waals surface area contributed by atoms with Gasteiger partial charge in [-0.05, 0) is 36.9 Å². The standard InChI is InChI=1S/C21H25F2N3O4S/c1-2-25(14-18-19(22)7-4-8-20(18)23)15-21(27)24-16-5-3-6-17(13-16)31(28,29)26-9-11-30-12-10-26/h3-8,13H,2,9-12,14-15H2,1H3,(H,24,27). The van der Waals surface area contributed by atoms with Gasteiger partial charge in [0.25, 0.3) is 0 Å². The monoisotopic (exact) mass is 453 g/mol. The molecule has 0 saturated carbocycles. The highest BCUT2D eigenvalue weighted by Crippen LogP contribution is 2.21. The van der Waals surface area contributed by atoms with Crippen LogP contribution in [0.15, 0.2) is 47.4 Å². The number of carbonyl (C=O) groups excluding carboxylic acids is 1. The third-order valence-corrected chi connectivity index (χ3v) is 6.88. The number of rotatable bonds is 8. The number of morpholine rings is 1. The minimum atomic E-state index is -3.69. The SMILES string of the molecule is CCN(CC(=O)Nc1cccc(S(=O)(=O)N2CCOCC2)c1)Cc1c(F)cccc1F. The molecule has 0 atom stereocenters. The Bertz CT molecular complexity index is 1010. The Morgan fingerprint density at radius 3 is 2.42 bits per heavy atom. The Labute approximate surface area is 180 Å². The largest absolute Gasteiger partial charge is 0.379 e. The van der Waals surface area contributed by atoms with Gasteiger partial charge < -0.3 is 10.1 Å². The van der Waals surface area contributed by atoms with E-state index in [1.165, 1.54) is 34.6 Å². The molecule has 0 unspecified atom stereocenters. The van der Waals surface area contributed by atoms with E-state index in [1.807, 2.05) is 0 Å². The summed E-state index contributed by atoms with van der Waals surface area (Å²) in [7, 11) is -3.69. The van der Waals surface area contributed by atoms with Crippen molar-refractivity contribution in [2.45, 2.75) is 18.4 Å². The fraction of sp³-hybridized carbons (Fsp3) is 0.381. The number of hydrogen-bond acceptors (Lipinski definition) is 5. The Balaban J connectivity index is 1.66. The molecule has 1 heterocycles. The van der Waals surface area contributed by atoms with Crippen LogP contribution in [0, 0.1) is 11.6 Å². The molecule has 1 N–H and O–H groups in total. The summed E-state index contributed by atoms with van der Waals surface area (Å²) in [5.41, 5.74) is 0.225. The third kappa shape index (κ3) is 5.85. The van der Waals surface area contributed by atoms with Crippen LogP contribution in [0.3, 0.4) is 0 Å². The molecule has 2 aromatic rings. The van der Waals surface area contributed by atoms with Crippen molar-refractivity contribution in [1.82, 2.24) is 9.21 Å². The maximum atomic E-state index is 13.9. The van der Waals surface area contributed by atoms with Gasteiger partial charge in [-0.2, -0.15) is 4.31 Å². The molecule has 0 aromatic heterocycles. The minimum Gasteiger partial charge on any atom is -0.379 e. The van der Waals surface area contributed by atoms with Crippen molar-refractivity contribution in [2.75, 3.05) is 44.7 Å². The summed E-state index contributed by atoms with van der Waals surface area (Å²) in [5, 5.41) is 2.66. The second-order valence-electron chi connectivity index (χ2n) is 7.10. The fourth-order valence-electron chi connectivity index (χ4n) is 3.26. The van der Waals surface area contributed by atoms with Crippen LogP contribution in [0.1, 0.15) is 12.5 Å². The van der Waals surface area contributed by atoms with E-state index >= 15 is 0 Å². The first-order valence-corrected chi connectivity index (χ1v) is 11.4. The molecule has 7 nitrogen and oxygen atoms in total. The highest BCUT2D eigenvalue weighted by atomic mass is 32.2. The lowest BCUT2D eigenvalue weighted by molar-refractivity contribution is -0.117. The van der Waals surface area contributed by atoms with Gasteiger partial charge in [0.2, 0.25) is 15.9 Å². The van der Waals surface area contributed by atoms with Crippen molar-refractivity contribution in [3.8, 4) is 0 Å². The van der Waals surface area contributed by atoms with Crippen molar-refractivity contribution in [3.63, 3.8) is 0 Å². The molecule has 2 aromatic carbocycles. The van der Waals surface area contributed by atoms with Gasteiger partial charge in [-0.25, -0.2) is 17.2 Å². The lowest BCUT2D eigenvalue weighted by atomic mass is 10.2. The molecule has 1 aliphatic heterocycles. The summed E-state index contributed by atoms with van der Waals surface area (Å²) in [6, 6.07) is 9.64. The Morgan fingerprint density at radius 1 is 1.13 bits per heavy atom. The molecule has 0 bridgehead atoms. The average molecular weight is 454 g/mol. The van der Waals surface area contributed by atoms with Crippen LogP contribution < -0.4 is 5.32 Å².